The number of aliphatic imine (C=N–C) groups is 1. The maximum atomic E-state index is 12.5. The zero-order valence-corrected chi connectivity index (χ0v) is 15.9. The van der Waals surface area contributed by atoms with Crippen LogP contribution in [0.15, 0.2) is 16.8 Å². The Hall–Kier alpha value is 0.0600. The van der Waals surface area contributed by atoms with Crippen LogP contribution in [0, 0.1) is 0 Å². The van der Waals surface area contributed by atoms with E-state index in [9.17, 15) is 4.57 Å². The molecule has 0 aromatic rings. The smallest absolute Gasteiger partial charge is 0.300 e. The predicted octanol–water partition coefficient (Wildman–Crippen LogP) is 4.97. The monoisotopic (exact) mass is 352 g/mol. The summed E-state index contributed by atoms with van der Waals surface area (Å²) in [5.41, 5.74) is 3.74. The fourth-order valence-electron chi connectivity index (χ4n) is 1.73. The average Bonchev–Trinajstić information content (AvgIpc) is 2.81. The van der Waals surface area contributed by atoms with Crippen molar-refractivity contribution in [2.75, 3.05) is 12.4 Å². The average molecular weight is 352 g/mol. The summed E-state index contributed by atoms with van der Waals surface area (Å²) in [4.78, 5) is 4.49. The molecule has 0 radical (unpaired) electrons. The van der Waals surface area contributed by atoms with Crippen molar-refractivity contribution < 1.29 is 13.7 Å². The highest BCUT2D eigenvalue weighted by Gasteiger charge is 2.36. The van der Waals surface area contributed by atoms with E-state index < -0.39 is 6.80 Å². The van der Waals surface area contributed by atoms with E-state index in [0.29, 0.717) is 11.8 Å². The van der Waals surface area contributed by atoms with E-state index in [1.165, 1.54) is 11.4 Å². The third-order valence-corrected chi connectivity index (χ3v) is 8.17. The van der Waals surface area contributed by atoms with Gasteiger partial charge in [0.25, 0.3) is 0 Å². The molecule has 0 aliphatic carbocycles. The highest BCUT2D eigenvalue weighted by atomic mass is 32.7. The molecule has 1 N–H and O–H groups in total. The minimum Gasteiger partial charge on any atom is -0.300 e. The fraction of sp³-hybridized carbons (Fsp3) is 0.769. The van der Waals surface area contributed by atoms with E-state index in [-0.39, 0.29) is 4.75 Å². The van der Waals surface area contributed by atoms with Crippen LogP contribution < -0.4 is 5.48 Å². The Morgan fingerprint density at radius 3 is 2.67 bits per heavy atom. The van der Waals surface area contributed by atoms with E-state index in [0.717, 1.165) is 24.3 Å². The summed E-state index contributed by atoms with van der Waals surface area (Å²) in [6.07, 6.45) is 3.87. The van der Waals surface area contributed by atoms with Crippen molar-refractivity contribution in [2.45, 2.75) is 52.2 Å². The predicted molar refractivity (Wildman–Crippen MR) is 93.7 cm³/mol. The van der Waals surface area contributed by atoms with Gasteiger partial charge in [-0.25, -0.2) is 15.0 Å². The molecule has 0 spiro atoms. The number of amidine groups is 1. The van der Waals surface area contributed by atoms with Crippen molar-refractivity contribution in [1.29, 1.82) is 0 Å². The lowest BCUT2D eigenvalue weighted by molar-refractivity contribution is 0.198. The van der Waals surface area contributed by atoms with Crippen molar-refractivity contribution in [3.8, 4) is 0 Å². The zero-order chi connectivity index (χ0) is 15.9. The molecule has 5 nitrogen and oxygen atoms in total. The molecule has 2 atom stereocenters. The summed E-state index contributed by atoms with van der Waals surface area (Å²) < 4.78 is 23.1. The van der Waals surface area contributed by atoms with Gasteiger partial charge in [-0.3, -0.25) is 4.52 Å². The highest BCUT2D eigenvalue weighted by molar-refractivity contribution is 8.55. The van der Waals surface area contributed by atoms with Crippen molar-refractivity contribution >= 4 is 35.1 Å². The van der Waals surface area contributed by atoms with Gasteiger partial charge in [-0.05, 0) is 45.0 Å². The van der Waals surface area contributed by atoms with Crippen molar-refractivity contribution in [1.82, 2.24) is 5.48 Å². The molecule has 122 valence electrons. The number of hydrogen-bond acceptors (Lipinski definition) is 7. The second-order valence-corrected chi connectivity index (χ2v) is 10.3. The van der Waals surface area contributed by atoms with Crippen molar-refractivity contribution in [3.63, 3.8) is 0 Å². The first-order chi connectivity index (χ1) is 9.93. The number of rotatable bonds is 8. The van der Waals surface area contributed by atoms with Crippen LogP contribution >= 0.6 is 29.9 Å². The number of nitrogens with zero attached hydrogens (tertiary/aromatic N) is 1. The molecule has 1 heterocycles. The van der Waals surface area contributed by atoms with Crippen LogP contribution in [0.4, 0.5) is 0 Å². The van der Waals surface area contributed by atoms with Gasteiger partial charge in [-0.15, -0.1) is 0 Å². The van der Waals surface area contributed by atoms with Crippen LogP contribution in [0.2, 0.25) is 0 Å². The van der Waals surface area contributed by atoms with E-state index in [2.05, 4.69) is 24.3 Å². The van der Waals surface area contributed by atoms with E-state index in [4.69, 9.17) is 9.15 Å². The van der Waals surface area contributed by atoms with Crippen LogP contribution in [0.1, 0.15) is 47.5 Å². The Morgan fingerprint density at radius 2 is 2.19 bits per heavy atom. The SMILES string of the molecule is CC=C1N=C(NOP(=O)(OCC)SCCC)SC1(C)CC. The Balaban J connectivity index is 2.67. The Labute approximate surface area is 136 Å². The molecule has 0 bridgehead atoms. The van der Waals surface area contributed by atoms with Gasteiger partial charge < -0.3 is 0 Å². The topological polar surface area (TPSA) is 59.9 Å². The van der Waals surface area contributed by atoms with Crippen LogP contribution in [-0.2, 0) is 13.7 Å². The third-order valence-electron chi connectivity index (χ3n) is 3.02. The molecule has 0 fully saturated rings. The van der Waals surface area contributed by atoms with E-state index in [1.807, 2.05) is 19.9 Å². The lowest BCUT2D eigenvalue weighted by Gasteiger charge is -2.21. The molecule has 1 rings (SSSR count). The summed E-state index contributed by atoms with van der Waals surface area (Å²) in [6, 6.07) is 0. The molecule has 1 aliphatic rings. The van der Waals surface area contributed by atoms with E-state index in [1.54, 1.807) is 18.7 Å². The first-order valence-corrected chi connectivity index (χ1v) is 11.2. The summed E-state index contributed by atoms with van der Waals surface area (Å²) in [5, 5.41) is 0.629. The number of hydrogen-bond donors (Lipinski definition) is 1. The molecular formula is C13H25N2O3PS2. The van der Waals surface area contributed by atoms with Crippen LogP contribution in [0.25, 0.3) is 0 Å². The van der Waals surface area contributed by atoms with E-state index >= 15 is 0 Å². The van der Waals surface area contributed by atoms with Crippen molar-refractivity contribution in [3.05, 3.63) is 11.8 Å². The second kappa shape index (κ2) is 8.63. The largest absolute Gasteiger partial charge is 0.410 e. The quantitative estimate of drug-likeness (QED) is 0.491. The summed E-state index contributed by atoms with van der Waals surface area (Å²) >= 11 is 2.80. The molecule has 21 heavy (non-hydrogen) atoms. The van der Waals surface area contributed by atoms with Gasteiger partial charge in [0.15, 0.2) is 5.17 Å². The van der Waals surface area contributed by atoms with Gasteiger partial charge in [0.1, 0.15) is 0 Å². The standard InChI is InChI=1S/C13H25N2O3PS2/c1-6-10-20-19(16,17-9-4)18-15-12-14-11(7-2)13(5,8-3)21-12/h7H,6,8-10H2,1-5H3,(H,14,15). The molecular weight excluding hydrogens is 327 g/mol. The molecule has 8 heteroatoms. The minimum absolute atomic E-state index is 0.0629. The summed E-state index contributed by atoms with van der Waals surface area (Å²) in [7, 11) is 0. The fourth-order valence-corrected chi connectivity index (χ4v) is 5.99. The van der Waals surface area contributed by atoms with Gasteiger partial charge in [0, 0.05) is 5.75 Å². The Kier molecular flexibility index (Phi) is 7.85. The van der Waals surface area contributed by atoms with Crippen LogP contribution in [0.5, 0.6) is 0 Å². The van der Waals surface area contributed by atoms with Gasteiger partial charge in [-0.1, -0.05) is 31.7 Å². The highest BCUT2D eigenvalue weighted by Crippen LogP contribution is 2.60. The van der Waals surface area contributed by atoms with Crippen molar-refractivity contribution in [2.24, 2.45) is 4.99 Å². The molecule has 0 aromatic carbocycles. The van der Waals surface area contributed by atoms with Gasteiger partial charge in [0.05, 0.1) is 17.1 Å². The number of hydroxylamine groups is 1. The molecule has 0 saturated heterocycles. The van der Waals surface area contributed by atoms with Gasteiger partial charge in [-0.2, -0.15) is 4.62 Å². The number of thioether (sulfide) groups is 1. The van der Waals surface area contributed by atoms with Crippen LogP contribution in [0.3, 0.4) is 0 Å². The normalized spacial score (nSPS) is 26.7. The second-order valence-electron chi connectivity index (χ2n) is 4.67. The third kappa shape index (κ3) is 5.32. The van der Waals surface area contributed by atoms with Gasteiger partial charge >= 0.3 is 6.80 Å². The maximum Gasteiger partial charge on any atom is 0.410 e. The van der Waals surface area contributed by atoms with Gasteiger partial charge in [0.2, 0.25) is 0 Å². The zero-order valence-electron chi connectivity index (χ0n) is 13.3. The molecule has 1 aliphatic heterocycles. The first-order valence-electron chi connectivity index (χ1n) is 7.21. The summed E-state index contributed by atoms with van der Waals surface area (Å²) in [5.74, 6) is 0.728. The Bertz CT molecular complexity index is 457. The molecule has 0 amide bonds. The van der Waals surface area contributed by atoms with Crippen LogP contribution in [-0.4, -0.2) is 22.3 Å². The lowest BCUT2D eigenvalue weighted by Crippen LogP contribution is -2.22. The molecule has 0 aromatic heterocycles. The minimum atomic E-state index is -3.17. The summed E-state index contributed by atoms with van der Waals surface area (Å²) in [6.45, 7) is 7.24. The molecule has 2 unspecified atom stereocenters. The lowest BCUT2D eigenvalue weighted by atomic mass is 10.0. The number of allylic oxidation sites excluding steroid dienone is 1. The maximum absolute atomic E-state index is 12.5. The number of nitrogens with one attached hydrogen (secondary N) is 1. The first kappa shape index (κ1) is 19.1. The molecule has 0 saturated carbocycles. The Morgan fingerprint density at radius 1 is 1.48 bits per heavy atom.